The SMILES string of the molecule is CC(=O)C(C)c1cn2ccccc2c1C(=O)CC(=O)O. The van der Waals surface area contributed by atoms with Gasteiger partial charge < -0.3 is 9.51 Å². The van der Waals surface area contributed by atoms with E-state index >= 15 is 0 Å². The molecule has 2 heterocycles. The van der Waals surface area contributed by atoms with Gasteiger partial charge in [0.25, 0.3) is 0 Å². The molecule has 0 aliphatic rings. The molecule has 5 nitrogen and oxygen atoms in total. The summed E-state index contributed by atoms with van der Waals surface area (Å²) >= 11 is 0. The van der Waals surface area contributed by atoms with Gasteiger partial charge in [-0.3, -0.25) is 14.4 Å². The highest BCUT2D eigenvalue weighted by Crippen LogP contribution is 2.27. The second kappa shape index (κ2) is 5.28. The highest BCUT2D eigenvalue weighted by molar-refractivity contribution is 6.11. The molecule has 0 aromatic carbocycles. The molecule has 2 aromatic heterocycles. The topological polar surface area (TPSA) is 75.8 Å². The molecule has 2 aromatic rings. The van der Waals surface area contributed by atoms with Crippen LogP contribution in [0, 0.1) is 0 Å². The summed E-state index contributed by atoms with van der Waals surface area (Å²) in [4.78, 5) is 34.5. The van der Waals surface area contributed by atoms with Crippen molar-refractivity contribution in [2.24, 2.45) is 0 Å². The molecule has 0 saturated carbocycles. The minimum atomic E-state index is -1.17. The zero-order valence-corrected chi connectivity index (χ0v) is 11.3. The lowest BCUT2D eigenvalue weighted by atomic mass is 9.93. The second-order valence-corrected chi connectivity index (χ2v) is 4.78. The molecule has 0 aliphatic heterocycles. The summed E-state index contributed by atoms with van der Waals surface area (Å²) in [6.45, 7) is 3.17. The van der Waals surface area contributed by atoms with Gasteiger partial charge in [-0.25, -0.2) is 0 Å². The number of pyridine rings is 1. The largest absolute Gasteiger partial charge is 0.481 e. The number of carboxylic acids is 1. The minimum Gasteiger partial charge on any atom is -0.481 e. The van der Waals surface area contributed by atoms with Crippen molar-refractivity contribution in [1.29, 1.82) is 0 Å². The fourth-order valence-electron chi connectivity index (χ4n) is 2.22. The fraction of sp³-hybridized carbons (Fsp3) is 0.267. The first kappa shape index (κ1) is 14.0. The Bertz CT molecular complexity index is 699. The molecule has 104 valence electrons. The van der Waals surface area contributed by atoms with Gasteiger partial charge in [-0.15, -0.1) is 0 Å². The normalized spacial score (nSPS) is 12.3. The van der Waals surface area contributed by atoms with E-state index in [0.717, 1.165) is 0 Å². The van der Waals surface area contributed by atoms with Crippen LogP contribution in [0.15, 0.2) is 30.6 Å². The van der Waals surface area contributed by atoms with Gasteiger partial charge in [0.2, 0.25) is 0 Å². The van der Waals surface area contributed by atoms with E-state index in [9.17, 15) is 14.4 Å². The van der Waals surface area contributed by atoms with Crippen molar-refractivity contribution in [3.05, 3.63) is 41.7 Å². The Kier molecular flexibility index (Phi) is 3.70. The summed E-state index contributed by atoms with van der Waals surface area (Å²) < 4.78 is 1.74. The Morgan fingerprint density at radius 2 is 2.00 bits per heavy atom. The third-order valence-electron chi connectivity index (χ3n) is 3.38. The van der Waals surface area contributed by atoms with Crippen LogP contribution in [0.3, 0.4) is 0 Å². The summed E-state index contributed by atoms with van der Waals surface area (Å²) in [5, 5.41) is 8.80. The lowest BCUT2D eigenvalue weighted by Gasteiger charge is -2.08. The number of hydrogen-bond donors (Lipinski definition) is 1. The first-order valence-corrected chi connectivity index (χ1v) is 6.27. The van der Waals surface area contributed by atoms with E-state index in [0.29, 0.717) is 16.6 Å². The van der Waals surface area contributed by atoms with Gasteiger partial charge in [0.15, 0.2) is 5.78 Å². The van der Waals surface area contributed by atoms with E-state index < -0.39 is 24.1 Å². The van der Waals surface area contributed by atoms with E-state index in [1.807, 2.05) is 0 Å². The van der Waals surface area contributed by atoms with Crippen molar-refractivity contribution in [3.8, 4) is 0 Å². The van der Waals surface area contributed by atoms with Crippen LogP contribution in [-0.4, -0.2) is 27.0 Å². The maximum Gasteiger partial charge on any atom is 0.311 e. The van der Waals surface area contributed by atoms with Crippen LogP contribution >= 0.6 is 0 Å². The summed E-state index contributed by atoms with van der Waals surface area (Å²) in [5.41, 5.74) is 1.53. The van der Waals surface area contributed by atoms with Crippen molar-refractivity contribution in [3.63, 3.8) is 0 Å². The molecule has 0 amide bonds. The molecule has 0 bridgehead atoms. The first-order valence-electron chi connectivity index (χ1n) is 6.27. The van der Waals surface area contributed by atoms with Gasteiger partial charge in [0.05, 0.1) is 5.52 Å². The highest BCUT2D eigenvalue weighted by Gasteiger charge is 2.24. The molecule has 0 spiro atoms. The van der Waals surface area contributed by atoms with E-state index in [1.54, 1.807) is 41.9 Å². The number of nitrogens with zero attached hydrogens (tertiary/aromatic N) is 1. The Labute approximate surface area is 115 Å². The molecule has 0 radical (unpaired) electrons. The smallest absolute Gasteiger partial charge is 0.311 e. The predicted molar refractivity (Wildman–Crippen MR) is 73.1 cm³/mol. The maximum atomic E-state index is 12.2. The number of rotatable bonds is 5. The van der Waals surface area contributed by atoms with Crippen LogP contribution in [0.25, 0.3) is 5.52 Å². The molecular weight excluding hydrogens is 258 g/mol. The molecule has 0 aliphatic carbocycles. The number of carbonyl (C=O) groups is 3. The number of aliphatic carboxylic acids is 1. The maximum absolute atomic E-state index is 12.2. The van der Waals surface area contributed by atoms with E-state index in [-0.39, 0.29) is 5.78 Å². The van der Waals surface area contributed by atoms with Gasteiger partial charge in [0.1, 0.15) is 12.2 Å². The summed E-state index contributed by atoms with van der Waals surface area (Å²) in [6.07, 6.45) is 2.91. The number of aromatic nitrogens is 1. The van der Waals surface area contributed by atoms with Crippen LogP contribution in [0.5, 0.6) is 0 Å². The van der Waals surface area contributed by atoms with Crippen molar-refractivity contribution in [1.82, 2.24) is 4.40 Å². The Morgan fingerprint density at radius 1 is 1.30 bits per heavy atom. The molecule has 2 rings (SSSR count). The van der Waals surface area contributed by atoms with Crippen LogP contribution < -0.4 is 0 Å². The second-order valence-electron chi connectivity index (χ2n) is 4.78. The molecule has 1 unspecified atom stereocenters. The zero-order chi connectivity index (χ0) is 14.9. The predicted octanol–water partition coefficient (Wildman–Crippen LogP) is 2.29. The van der Waals surface area contributed by atoms with E-state index in [1.165, 1.54) is 6.92 Å². The number of Topliss-reactive ketones (excluding diaryl/α,β-unsaturated/α-hetero) is 2. The number of carbonyl (C=O) groups excluding carboxylic acids is 2. The minimum absolute atomic E-state index is 0.0646. The molecular formula is C15H15NO4. The average Bonchev–Trinajstić information content (AvgIpc) is 2.75. The van der Waals surface area contributed by atoms with Crippen molar-refractivity contribution >= 4 is 23.1 Å². The Hall–Kier alpha value is -2.43. The van der Waals surface area contributed by atoms with Crippen molar-refractivity contribution in [2.45, 2.75) is 26.2 Å². The summed E-state index contributed by atoms with van der Waals surface area (Å²) in [7, 11) is 0. The van der Waals surface area contributed by atoms with Gasteiger partial charge in [0, 0.05) is 23.9 Å². The number of ketones is 2. The van der Waals surface area contributed by atoms with Gasteiger partial charge >= 0.3 is 5.97 Å². The van der Waals surface area contributed by atoms with Crippen molar-refractivity contribution in [2.75, 3.05) is 0 Å². The van der Waals surface area contributed by atoms with Crippen LogP contribution in [0.4, 0.5) is 0 Å². The van der Waals surface area contributed by atoms with Crippen LogP contribution in [-0.2, 0) is 9.59 Å². The average molecular weight is 273 g/mol. The third kappa shape index (κ3) is 2.47. The molecule has 5 heteroatoms. The van der Waals surface area contributed by atoms with Crippen LogP contribution in [0.2, 0.25) is 0 Å². The fourth-order valence-corrected chi connectivity index (χ4v) is 2.22. The van der Waals surface area contributed by atoms with Gasteiger partial charge in [-0.2, -0.15) is 0 Å². The van der Waals surface area contributed by atoms with E-state index in [2.05, 4.69) is 0 Å². The van der Waals surface area contributed by atoms with Crippen LogP contribution in [0.1, 0.15) is 42.1 Å². The Morgan fingerprint density at radius 3 is 2.60 bits per heavy atom. The Balaban J connectivity index is 2.64. The monoisotopic (exact) mass is 273 g/mol. The quantitative estimate of drug-likeness (QED) is 0.670. The highest BCUT2D eigenvalue weighted by atomic mass is 16.4. The summed E-state index contributed by atoms with van der Waals surface area (Å²) in [6, 6.07) is 5.32. The lowest BCUT2D eigenvalue weighted by molar-refractivity contribution is -0.135. The summed E-state index contributed by atoms with van der Waals surface area (Å²) in [5.74, 6) is -2.16. The lowest BCUT2D eigenvalue weighted by Crippen LogP contribution is -2.12. The van der Waals surface area contributed by atoms with Crippen molar-refractivity contribution < 1.29 is 19.5 Å². The molecule has 20 heavy (non-hydrogen) atoms. The number of carboxylic acid groups (broad SMARTS) is 1. The molecule has 1 N–H and O–H groups in total. The third-order valence-corrected chi connectivity index (χ3v) is 3.38. The molecule has 1 atom stereocenters. The van der Waals surface area contributed by atoms with Gasteiger partial charge in [-0.1, -0.05) is 13.0 Å². The zero-order valence-electron chi connectivity index (χ0n) is 11.3. The standard InChI is InChI=1S/C15H15NO4/c1-9(10(2)17)11-8-16-6-4-3-5-12(16)15(11)13(18)7-14(19)20/h3-6,8-9H,7H2,1-2H3,(H,19,20). The molecule has 0 fully saturated rings. The number of fused-ring (bicyclic) bond motifs is 1. The molecule has 0 saturated heterocycles. The number of hydrogen-bond acceptors (Lipinski definition) is 3. The van der Waals surface area contributed by atoms with Gasteiger partial charge in [-0.05, 0) is 24.6 Å². The van der Waals surface area contributed by atoms with E-state index in [4.69, 9.17) is 5.11 Å². The first-order chi connectivity index (χ1) is 9.41.